The molecule has 0 amide bonds. The summed E-state index contributed by atoms with van der Waals surface area (Å²) >= 11 is 0. The third-order valence-electron chi connectivity index (χ3n) is 6.50. The number of hydrogen-bond donors (Lipinski definition) is 0. The van der Waals surface area contributed by atoms with Crippen LogP contribution in [-0.4, -0.2) is 32.0 Å². The number of nitrogens with zero attached hydrogens (tertiary/aromatic N) is 4. The number of carbonyl (C=O) groups is 1. The van der Waals surface area contributed by atoms with Crippen LogP contribution >= 0.6 is 0 Å². The Morgan fingerprint density at radius 1 is 1.16 bits per heavy atom. The number of esters is 1. The molecule has 0 saturated heterocycles. The molecule has 5 rings (SSSR count). The fourth-order valence-corrected chi connectivity index (χ4v) is 4.77. The molecule has 2 aromatic carbocycles. The quantitative estimate of drug-likeness (QED) is 0.384. The number of aryl methyl sites for hydroxylation is 1. The second-order valence-corrected chi connectivity index (χ2v) is 8.57. The van der Waals surface area contributed by atoms with Gasteiger partial charge in [-0.25, -0.2) is 19.0 Å². The Kier molecular flexibility index (Phi) is 5.65. The van der Waals surface area contributed by atoms with E-state index in [-0.39, 0.29) is 41.7 Å². The summed E-state index contributed by atoms with van der Waals surface area (Å²) in [6.07, 6.45) is -4.06. The molecule has 1 aliphatic rings. The van der Waals surface area contributed by atoms with Crippen LogP contribution in [0, 0.1) is 0 Å². The lowest BCUT2D eigenvalue weighted by atomic mass is 9.84. The number of carbonyl (C=O) groups excluding carboxylic acids is 1. The first-order chi connectivity index (χ1) is 17.5. The van der Waals surface area contributed by atoms with Crippen molar-refractivity contribution in [3.8, 4) is 5.69 Å². The van der Waals surface area contributed by atoms with Gasteiger partial charge in [0, 0.05) is 13.1 Å². The molecule has 0 N–H and O–H groups in total. The van der Waals surface area contributed by atoms with E-state index in [0.717, 1.165) is 22.4 Å². The first-order valence-corrected chi connectivity index (χ1v) is 11.2. The molecule has 0 bridgehead atoms. The molecule has 192 valence electrons. The normalized spacial score (nSPS) is 15.5. The highest BCUT2D eigenvalue weighted by Crippen LogP contribution is 2.40. The van der Waals surface area contributed by atoms with Gasteiger partial charge in [0.2, 0.25) is 5.69 Å². The Hall–Kier alpha value is -4.42. The smallest absolute Gasteiger partial charge is 0.419 e. The molecule has 0 aliphatic heterocycles. The Morgan fingerprint density at radius 3 is 2.62 bits per heavy atom. The van der Waals surface area contributed by atoms with Crippen molar-refractivity contribution < 1.29 is 27.1 Å². The van der Waals surface area contributed by atoms with Crippen LogP contribution < -0.4 is 17.0 Å². The van der Waals surface area contributed by atoms with E-state index in [2.05, 4.69) is 9.84 Å². The lowest BCUT2D eigenvalue weighted by Gasteiger charge is -2.29. The molecular formula is C24H19F3N4O6. The molecule has 1 atom stereocenters. The Morgan fingerprint density at radius 2 is 1.92 bits per heavy atom. The van der Waals surface area contributed by atoms with Gasteiger partial charge in [0.25, 0.3) is 5.56 Å². The summed E-state index contributed by atoms with van der Waals surface area (Å²) < 4.78 is 53.6. The SMILES string of the molecule is COC(=O)c1nn(-c2ccc3c(c2)oc(=O)n3C)c(=O)n(C2CCCc3c2cccc3C(F)(F)F)c1=O. The lowest BCUT2D eigenvalue weighted by Crippen LogP contribution is -2.47. The van der Waals surface area contributed by atoms with Gasteiger partial charge >= 0.3 is 23.6 Å². The zero-order chi connectivity index (χ0) is 26.6. The fraction of sp³-hybridized carbons (Fsp3) is 0.292. The Labute approximate surface area is 205 Å². The number of ether oxygens (including phenoxy) is 1. The summed E-state index contributed by atoms with van der Waals surface area (Å²) in [4.78, 5) is 51.3. The minimum absolute atomic E-state index is 0.00647. The van der Waals surface area contributed by atoms with E-state index in [1.54, 1.807) is 0 Å². The van der Waals surface area contributed by atoms with E-state index >= 15 is 0 Å². The summed E-state index contributed by atoms with van der Waals surface area (Å²) in [7, 11) is 2.52. The summed E-state index contributed by atoms with van der Waals surface area (Å²) in [6, 6.07) is 6.78. The number of aromatic nitrogens is 4. The maximum Gasteiger partial charge on any atom is 0.419 e. The largest absolute Gasteiger partial charge is 0.464 e. The topological polar surface area (TPSA) is 118 Å². The number of methoxy groups -OCH3 is 1. The molecule has 2 heterocycles. The molecule has 37 heavy (non-hydrogen) atoms. The van der Waals surface area contributed by atoms with E-state index in [0.29, 0.717) is 5.52 Å². The molecule has 0 saturated carbocycles. The van der Waals surface area contributed by atoms with Crippen molar-refractivity contribution in [2.45, 2.75) is 31.5 Å². The number of oxazole rings is 1. The van der Waals surface area contributed by atoms with Crippen LogP contribution in [0.15, 0.2) is 55.2 Å². The first-order valence-electron chi connectivity index (χ1n) is 11.2. The van der Waals surface area contributed by atoms with Crippen molar-refractivity contribution in [3.63, 3.8) is 0 Å². The maximum atomic E-state index is 13.7. The van der Waals surface area contributed by atoms with Crippen molar-refractivity contribution in [2.75, 3.05) is 7.11 Å². The van der Waals surface area contributed by atoms with Crippen molar-refractivity contribution in [3.05, 3.63) is 90.2 Å². The molecule has 1 unspecified atom stereocenters. The van der Waals surface area contributed by atoms with Gasteiger partial charge in [-0.3, -0.25) is 9.36 Å². The lowest BCUT2D eigenvalue weighted by molar-refractivity contribution is -0.138. The van der Waals surface area contributed by atoms with Gasteiger partial charge in [0.1, 0.15) is 0 Å². The van der Waals surface area contributed by atoms with Crippen LogP contribution in [0.5, 0.6) is 0 Å². The van der Waals surface area contributed by atoms with Crippen LogP contribution in [0.25, 0.3) is 16.8 Å². The minimum atomic E-state index is -4.62. The number of hydrogen-bond acceptors (Lipinski definition) is 7. The maximum absolute atomic E-state index is 13.7. The van der Waals surface area contributed by atoms with Crippen LogP contribution in [-0.2, 0) is 24.4 Å². The molecule has 0 fully saturated rings. The standard InChI is InChI=1S/C24H19F3N4O6/c1-29-17-10-9-12(11-18(17)37-23(29)35)31-22(34)30(20(32)19(28-31)21(33)36-2)16-8-4-5-13-14(16)6-3-7-15(13)24(25,26)27/h3,6-7,9-11,16H,4-5,8H2,1-2H3. The second-order valence-electron chi connectivity index (χ2n) is 8.57. The minimum Gasteiger partial charge on any atom is -0.464 e. The van der Waals surface area contributed by atoms with Gasteiger partial charge in [-0.05, 0) is 48.6 Å². The molecule has 2 aromatic heterocycles. The molecular weight excluding hydrogens is 497 g/mol. The zero-order valence-corrected chi connectivity index (χ0v) is 19.5. The van der Waals surface area contributed by atoms with Crippen molar-refractivity contribution >= 4 is 17.1 Å². The summed E-state index contributed by atoms with van der Waals surface area (Å²) in [5.74, 6) is -1.77. The number of halogens is 3. The summed E-state index contributed by atoms with van der Waals surface area (Å²) in [6.45, 7) is 0. The third-order valence-corrected chi connectivity index (χ3v) is 6.50. The van der Waals surface area contributed by atoms with Gasteiger partial charge in [-0.15, -0.1) is 0 Å². The number of rotatable bonds is 3. The fourth-order valence-electron chi connectivity index (χ4n) is 4.77. The number of fused-ring (bicyclic) bond motifs is 2. The van der Waals surface area contributed by atoms with Crippen LogP contribution in [0.2, 0.25) is 0 Å². The monoisotopic (exact) mass is 516 g/mol. The second kappa shape index (κ2) is 8.61. The van der Waals surface area contributed by atoms with E-state index in [1.807, 2.05) is 0 Å². The van der Waals surface area contributed by atoms with Gasteiger partial charge in [-0.1, -0.05) is 12.1 Å². The van der Waals surface area contributed by atoms with Crippen molar-refractivity contribution in [1.29, 1.82) is 0 Å². The molecule has 1 aliphatic carbocycles. The average Bonchev–Trinajstić information content (AvgIpc) is 3.15. The molecule has 0 radical (unpaired) electrons. The predicted molar refractivity (Wildman–Crippen MR) is 123 cm³/mol. The summed E-state index contributed by atoms with van der Waals surface area (Å²) in [5, 5.41) is 3.91. The molecule has 13 heteroatoms. The third kappa shape index (κ3) is 3.86. The van der Waals surface area contributed by atoms with Crippen LogP contribution in [0.3, 0.4) is 0 Å². The van der Waals surface area contributed by atoms with E-state index < -0.39 is 46.4 Å². The Bertz CT molecular complexity index is 1740. The van der Waals surface area contributed by atoms with Gasteiger partial charge in [0.05, 0.1) is 29.9 Å². The van der Waals surface area contributed by atoms with Crippen molar-refractivity contribution in [2.24, 2.45) is 7.05 Å². The molecule has 4 aromatic rings. The van der Waals surface area contributed by atoms with Gasteiger partial charge in [-0.2, -0.15) is 23.0 Å². The average molecular weight is 516 g/mol. The molecule has 10 nitrogen and oxygen atoms in total. The predicted octanol–water partition coefficient (Wildman–Crippen LogP) is 2.57. The number of alkyl halides is 3. The van der Waals surface area contributed by atoms with Crippen LogP contribution in [0.1, 0.15) is 46.1 Å². The molecule has 0 spiro atoms. The van der Waals surface area contributed by atoms with E-state index in [1.165, 1.54) is 41.9 Å². The van der Waals surface area contributed by atoms with E-state index in [9.17, 15) is 32.3 Å². The zero-order valence-electron chi connectivity index (χ0n) is 19.5. The first kappa shape index (κ1) is 24.3. The summed E-state index contributed by atoms with van der Waals surface area (Å²) in [5.41, 5.74) is -2.87. The van der Waals surface area contributed by atoms with Crippen LogP contribution in [0.4, 0.5) is 13.2 Å². The Balaban J connectivity index is 1.79. The van der Waals surface area contributed by atoms with Gasteiger partial charge in [0.15, 0.2) is 5.58 Å². The van der Waals surface area contributed by atoms with Gasteiger partial charge < -0.3 is 9.15 Å². The number of benzene rings is 2. The highest BCUT2D eigenvalue weighted by atomic mass is 19.4. The highest BCUT2D eigenvalue weighted by Gasteiger charge is 2.37. The highest BCUT2D eigenvalue weighted by molar-refractivity contribution is 5.86. The van der Waals surface area contributed by atoms with E-state index in [4.69, 9.17) is 4.42 Å². The van der Waals surface area contributed by atoms with Crippen molar-refractivity contribution in [1.82, 2.24) is 18.9 Å².